The van der Waals surface area contributed by atoms with E-state index in [1.54, 1.807) is 12.1 Å². The number of carbonyl (C=O) groups excluding carboxylic acids is 2. The fourth-order valence-electron chi connectivity index (χ4n) is 4.00. The Kier molecular flexibility index (Phi) is 9.24. The molecule has 1 aliphatic rings. The van der Waals surface area contributed by atoms with Crippen LogP contribution in [0.1, 0.15) is 43.1 Å². The SMILES string of the molecule is CCOc1cc(C(=O)Nc2nnc(SCC(=O)N3CCCc4ccccc43)s2)cc(OCC)c1OCC. The Morgan fingerprint density at radius 1 is 1.03 bits per heavy atom. The standard InChI is InChI=1S/C26H30N4O5S2/c1-4-33-20-14-18(15-21(34-5-2)23(20)35-6-3)24(32)27-25-28-29-26(37-25)36-16-22(31)30-13-9-11-17-10-7-8-12-19(17)30/h7-8,10,12,14-15H,4-6,9,11,13,16H2,1-3H3,(H,27,28,32). The number of aryl methyl sites for hydroxylation is 1. The number of anilines is 2. The van der Waals surface area contributed by atoms with Crippen molar-refractivity contribution in [1.82, 2.24) is 10.2 Å². The molecule has 37 heavy (non-hydrogen) atoms. The summed E-state index contributed by atoms with van der Waals surface area (Å²) in [5, 5.41) is 11.3. The number of hydrogen-bond donors (Lipinski definition) is 1. The number of hydrogen-bond acceptors (Lipinski definition) is 9. The lowest BCUT2D eigenvalue weighted by molar-refractivity contribution is -0.116. The van der Waals surface area contributed by atoms with Crippen LogP contribution < -0.4 is 24.4 Å². The Hall–Kier alpha value is -3.31. The van der Waals surface area contributed by atoms with Gasteiger partial charge in [-0.15, -0.1) is 10.2 Å². The molecule has 0 bridgehead atoms. The van der Waals surface area contributed by atoms with E-state index in [0.29, 0.717) is 58.6 Å². The summed E-state index contributed by atoms with van der Waals surface area (Å²) in [6.45, 7) is 7.56. The highest BCUT2D eigenvalue weighted by Gasteiger charge is 2.23. The van der Waals surface area contributed by atoms with E-state index in [2.05, 4.69) is 21.6 Å². The van der Waals surface area contributed by atoms with Crippen LogP contribution in [-0.4, -0.2) is 54.1 Å². The Bertz CT molecular complexity index is 1220. The van der Waals surface area contributed by atoms with Crippen molar-refractivity contribution in [2.24, 2.45) is 0 Å². The van der Waals surface area contributed by atoms with Crippen LogP contribution >= 0.6 is 23.1 Å². The number of carbonyl (C=O) groups is 2. The summed E-state index contributed by atoms with van der Waals surface area (Å²) in [5.41, 5.74) is 2.53. The third-order valence-electron chi connectivity index (χ3n) is 5.53. The molecule has 0 atom stereocenters. The third-order valence-corrected chi connectivity index (χ3v) is 7.49. The second kappa shape index (κ2) is 12.8. The van der Waals surface area contributed by atoms with Crippen LogP contribution in [0.2, 0.25) is 0 Å². The van der Waals surface area contributed by atoms with E-state index < -0.39 is 0 Å². The van der Waals surface area contributed by atoms with Gasteiger partial charge in [-0.25, -0.2) is 0 Å². The summed E-state index contributed by atoms with van der Waals surface area (Å²) in [4.78, 5) is 27.7. The fraction of sp³-hybridized carbons (Fsp3) is 0.385. The van der Waals surface area contributed by atoms with Crippen molar-refractivity contribution in [1.29, 1.82) is 0 Å². The summed E-state index contributed by atoms with van der Waals surface area (Å²) in [5.74, 6) is 1.24. The van der Waals surface area contributed by atoms with Gasteiger partial charge in [0.25, 0.3) is 5.91 Å². The zero-order valence-electron chi connectivity index (χ0n) is 21.1. The minimum atomic E-state index is -0.376. The van der Waals surface area contributed by atoms with Gasteiger partial charge < -0.3 is 19.1 Å². The van der Waals surface area contributed by atoms with Gasteiger partial charge in [0.05, 0.1) is 25.6 Å². The molecule has 4 rings (SSSR count). The number of fused-ring (bicyclic) bond motifs is 1. The predicted octanol–water partition coefficient (Wildman–Crippen LogP) is 5.06. The van der Waals surface area contributed by atoms with Crippen LogP contribution in [0.4, 0.5) is 10.8 Å². The number of benzene rings is 2. The molecule has 1 N–H and O–H groups in total. The van der Waals surface area contributed by atoms with Crippen molar-refractivity contribution in [2.75, 3.05) is 42.3 Å². The normalized spacial score (nSPS) is 12.6. The minimum absolute atomic E-state index is 0.0271. The van der Waals surface area contributed by atoms with Crippen molar-refractivity contribution < 1.29 is 23.8 Å². The van der Waals surface area contributed by atoms with Crippen LogP contribution in [0.25, 0.3) is 0 Å². The first kappa shape index (κ1) is 26.7. The largest absolute Gasteiger partial charge is 0.490 e. The van der Waals surface area contributed by atoms with Crippen molar-refractivity contribution in [3.63, 3.8) is 0 Å². The Balaban J connectivity index is 1.41. The van der Waals surface area contributed by atoms with Crippen molar-refractivity contribution >= 4 is 45.7 Å². The van der Waals surface area contributed by atoms with E-state index in [-0.39, 0.29) is 17.6 Å². The molecule has 0 fully saturated rings. The van der Waals surface area contributed by atoms with Crippen molar-refractivity contribution in [2.45, 2.75) is 38.0 Å². The van der Waals surface area contributed by atoms with E-state index in [0.717, 1.165) is 18.5 Å². The van der Waals surface area contributed by atoms with Crippen LogP contribution in [0.3, 0.4) is 0 Å². The first-order valence-electron chi connectivity index (χ1n) is 12.3. The van der Waals surface area contributed by atoms with E-state index in [1.807, 2.05) is 43.9 Å². The molecule has 0 spiro atoms. The molecule has 3 aromatic rings. The maximum absolute atomic E-state index is 13.0. The maximum atomic E-state index is 13.0. The molecule has 11 heteroatoms. The van der Waals surface area contributed by atoms with Gasteiger partial charge in [-0.3, -0.25) is 14.9 Å². The molecule has 2 heterocycles. The number of nitrogens with one attached hydrogen (secondary N) is 1. The molecular formula is C26H30N4O5S2. The van der Waals surface area contributed by atoms with Gasteiger partial charge in [-0.1, -0.05) is 41.3 Å². The average molecular weight is 543 g/mol. The van der Waals surface area contributed by atoms with Gasteiger partial charge in [0.15, 0.2) is 15.8 Å². The number of nitrogens with zero attached hydrogens (tertiary/aromatic N) is 3. The van der Waals surface area contributed by atoms with Crippen molar-refractivity contribution in [3.05, 3.63) is 47.5 Å². The van der Waals surface area contributed by atoms with E-state index >= 15 is 0 Å². The molecule has 0 unspecified atom stereocenters. The molecule has 0 saturated heterocycles. The second-order valence-corrected chi connectivity index (χ2v) is 10.2. The Labute approximate surface area is 224 Å². The quantitative estimate of drug-likeness (QED) is 0.265. The number of para-hydroxylation sites is 1. The van der Waals surface area contributed by atoms with Gasteiger partial charge >= 0.3 is 0 Å². The minimum Gasteiger partial charge on any atom is -0.490 e. The van der Waals surface area contributed by atoms with Gasteiger partial charge in [0.2, 0.25) is 16.8 Å². The van der Waals surface area contributed by atoms with E-state index in [4.69, 9.17) is 14.2 Å². The molecule has 0 radical (unpaired) electrons. The first-order chi connectivity index (χ1) is 18.0. The lowest BCUT2D eigenvalue weighted by atomic mass is 10.0. The molecule has 196 valence electrons. The fourth-order valence-corrected chi connectivity index (χ4v) is 5.62. The Morgan fingerprint density at radius 3 is 2.43 bits per heavy atom. The predicted molar refractivity (Wildman–Crippen MR) is 146 cm³/mol. The molecular weight excluding hydrogens is 512 g/mol. The number of ether oxygens (including phenoxy) is 3. The maximum Gasteiger partial charge on any atom is 0.257 e. The van der Waals surface area contributed by atoms with Crippen LogP contribution in [-0.2, 0) is 11.2 Å². The number of rotatable bonds is 11. The monoisotopic (exact) mass is 542 g/mol. The highest BCUT2D eigenvalue weighted by molar-refractivity contribution is 8.01. The summed E-state index contributed by atoms with van der Waals surface area (Å²) in [6, 6.07) is 11.3. The number of aromatic nitrogens is 2. The molecule has 9 nitrogen and oxygen atoms in total. The van der Waals surface area contributed by atoms with Crippen molar-refractivity contribution in [3.8, 4) is 17.2 Å². The van der Waals surface area contributed by atoms with Gasteiger partial charge in [0, 0.05) is 17.8 Å². The highest BCUT2D eigenvalue weighted by atomic mass is 32.2. The average Bonchev–Trinajstić information content (AvgIpc) is 3.36. The molecule has 1 aliphatic heterocycles. The van der Waals surface area contributed by atoms with E-state index in [1.165, 1.54) is 28.7 Å². The lowest BCUT2D eigenvalue weighted by Crippen LogP contribution is -2.36. The summed E-state index contributed by atoms with van der Waals surface area (Å²) in [6.07, 6.45) is 1.93. The molecule has 0 aliphatic carbocycles. The number of amides is 2. The first-order valence-corrected chi connectivity index (χ1v) is 14.1. The summed E-state index contributed by atoms with van der Waals surface area (Å²) < 4.78 is 17.7. The molecule has 2 aromatic carbocycles. The zero-order valence-corrected chi connectivity index (χ0v) is 22.7. The van der Waals surface area contributed by atoms with Gasteiger partial charge in [-0.05, 0) is 57.4 Å². The summed E-state index contributed by atoms with van der Waals surface area (Å²) >= 11 is 2.53. The van der Waals surface area contributed by atoms with Crippen LogP contribution in [0, 0.1) is 0 Å². The highest BCUT2D eigenvalue weighted by Crippen LogP contribution is 2.39. The van der Waals surface area contributed by atoms with Crippen LogP contribution in [0.15, 0.2) is 40.7 Å². The molecule has 1 aromatic heterocycles. The number of thioether (sulfide) groups is 1. The van der Waals surface area contributed by atoms with Crippen LogP contribution in [0.5, 0.6) is 17.2 Å². The topological polar surface area (TPSA) is 103 Å². The van der Waals surface area contributed by atoms with Gasteiger partial charge in [-0.2, -0.15) is 0 Å². The smallest absolute Gasteiger partial charge is 0.257 e. The van der Waals surface area contributed by atoms with E-state index in [9.17, 15) is 9.59 Å². The third kappa shape index (κ3) is 6.53. The molecule has 0 saturated carbocycles. The Morgan fingerprint density at radius 2 is 1.73 bits per heavy atom. The summed E-state index contributed by atoms with van der Waals surface area (Å²) in [7, 11) is 0. The zero-order chi connectivity index (χ0) is 26.2. The molecule has 2 amide bonds. The lowest BCUT2D eigenvalue weighted by Gasteiger charge is -2.29. The van der Waals surface area contributed by atoms with Gasteiger partial charge in [0.1, 0.15) is 0 Å². The second-order valence-electron chi connectivity index (χ2n) is 7.99.